The van der Waals surface area contributed by atoms with E-state index in [9.17, 15) is 13.2 Å². The molecule has 1 aromatic heterocycles. The van der Waals surface area contributed by atoms with Crippen LogP contribution in [0.2, 0.25) is 0 Å². The zero-order valence-electron chi connectivity index (χ0n) is 11.9. The number of aromatic carboxylic acids is 1. The molecule has 3 N–H and O–H groups in total. The average Bonchev–Trinajstić information content (AvgIpc) is 2.22. The van der Waals surface area contributed by atoms with Crippen molar-refractivity contribution in [2.45, 2.75) is 26.3 Å². The number of aromatic nitrogens is 1. The Morgan fingerprint density at radius 3 is 2.50 bits per heavy atom. The molecular weight excluding hydrogens is 282 g/mol. The molecule has 0 aliphatic rings. The molecule has 0 aliphatic heterocycles. The molecule has 0 bridgehead atoms. The number of sulfonamides is 1. The van der Waals surface area contributed by atoms with E-state index in [1.165, 1.54) is 6.07 Å². The van der Waals surface area contributed by atoms with Gasteiger partial charge in [0.15, 0.2) is 0 Å². The Morgan fingerprint density at radius 2 is 2.00 bits per heavy atom. The number of hydrogen-bond acceptors (Lipinski definition) is 5. The van der Waals surface area contributed by atoms with Crippen LogP contribution < -0.4 is 10.0 Å². The summed E-state index contributed by atoms with van der Waals surface area (Å²) in [6.07, 6.45) is 1.07. The minimum absolute atomic E-state index is 0.0470. The number of nitrogens with zero attached hydrogens (tertiary/aromatic N) is 1. The molecule has 112 valence electrons. The van der Waals surface area contributed by atoms with Crippen molar-refractivity contribution >= 4 is 21.8 Å². The Balaban J connectivity index is 2.89. The maximum atomic E-state index is 11.2. The lowest BCUT2D eigenvalue weighted by molar-refractivity contribution is 0.0697. The van der Waals surface area contributed by atoms with Crippen molar-refractivity contribution in [3.8, 4) is 0 Å². The molecular formula is C12H19N3O4S. The predicted octanol–water partition coefficient (Wildman–Crippen LogP) is 0.828. The number of carboxylic acid groups (broad SMARTS) is 1. The first kappa shape index (κ1) is 16.4. The van der Waals surface area contributed by atoms with Crippen molar-refractivity contribution in [2.75, 3.05) is 18.1 Å². The second kappa shape index (κ2) is 5.76. The molecule has 0 unspecified atom stereocenters. The Bertz CT molecular complexity index is 611. The number of nitrogens with one attached hydrogen (secondary N) is 2. The first-order chi connectivity index (χ1) is 9.00. The lowest BCUT2D eigenvalue weighted by atomic mass is 10.1. The Kier molecular flexibility index (Phi) is 4.72. The van der Waals surface area contributed by atoms with Crippen molar-refractivity contribution < 1.29 is 18.3 Å². The second-order valence-electron chi connectivity index (χ2n) is 5.27. The molecule has 0 saturated heterocycles. The van der Waals surface area contributed by atoms with Crippen LogP contribution >= 0.6 is 0 Å². The third-order valence-corrected chi connectivity index (χ3v) is 3.35. The number of hydrogen-bond donors (Lipinski definition) is 3. The lowest BCUT2D eigenvalue weighted by Gasteiger charge is -2.26. The van der Waals surface area contributed by atoms with E-state index >= 15 is 0 Å². The Labute approximate surface area is 118 Å². The van der Waals surface area contributed by atoms with Crippen LogP contribution in [0.1, 0.15) is 29.9 Å². The van der Waals surface area contributed by atoms with E-state index in [4.69, 9.17) is 5.11 Å². The Hall–Kier alpha value is -1.67. The van der Waals surface area contributed by atoms with Gasteiger partial charge in [0.05, 0.1) is 6.26 Å². The summed E-state index contributed by atoms with van der Waals surface area (Å²) < 4.78 is 24.9. The van der Waals surface area contributed by atoms with E-state index in [2.05, 4.69) is 15.0 Å². The van der Waals surface area contributed by atoms with Crippen LogP contribution in [-0.4, -0.2) is 42.8 Å². The summed E-state index contributed by atoms with van der Waals surface area (Å²) in [6, 6.07) is 3.07. The van der Waals surface area contributed by atoms with Crippen molar-refractivity contribution in [3.05, 3.63) is 23.4 Å². The molecule has 1 heterocycles. The fourth-order valence-corrected chi connectivity index (χ4v) is 2.78. The van der Waals surface area contributed by atoms with Crippen molar-refractivity contribution in [1.29, 1.82) is 0 Å². The number of pyridine rings is 1. The molecule has 0 atom stereocenters. The van der Waals surface area contributed by atoms with Crippen LogP contribution in [0.15, 0.2) is 12.1 Å². The van der Waals surface area contributed by atoms with E-state index in [1.807, 2.05) is 0 Å². The van der Waals surface area contributed by atoms with Crippen LogP contribution in [0.4, 0.5) is 5.82 Å². The second-order valence-corrected chi connectivity index (χ2v) is 7.01. The van der Waals surface area contributed by atoms with Crippen LogP contribution in [-0.2, 0) is 10.0 Å². The molecule has 0 radical (unpaired) electrons. The highest BCUT2D eigenvalue weighted by Crippen LogP contribution is 2.15. The fraction of sp³-hybridized carbons (Fsp3) is 0.500. The largest absolute Gasteiger partial charge is 0.478 e. The van der Waals surface area contributed by atoms with E-state index in [-0.39, 0.29) is 17.9 Å². The lowest BCUT2D eigenvalue weighted by Crippen LogP contribution is -2.48. The maximum Gasteiger partial charge on any atom is 0.339 e. The number of anilines is 1. The zero-order chi connectivity index (χ0) is 15.6. The van der Waals surface area contributed by atoms with E-state index in [0.717, 1.165) is 6.26 Å². The highest BCUT2D eigenvalue weighted by Gasteiger charge is 2.23. The standard InChI is InChI=1S/C12H19N3O4S/c1-8-5-6-9(11(16)17)10(14-8)13-7-12(2,3)15-20(4,18)19/h5-6,15H,7H2,1-4H3,(H,13,14)(H,16,17). The summed E-state index contributed by atoms with van der Waals surface area (Å²) >= 11 is 0. The van der Waals surface area contributed by atoms with Crippen LogP contribution in [0.3, 0.4) is 0 Å². The van der Waals surface area contributed by atoms with Crippen molar-refractivity contribution in [1.82, 2.24) is 9.71 Å². The van der Waals surface area contributed by atoms with Gasteiger partial charge in [-0.1, -0.05) is 0 Å². The van der Waals surface area contributed by atoms with Gasteiger partial charge in [0.25, 0.3) is 0 Å². The summed E-state index contributed by atoms with van der Waals surface area (Å²) in [5.74, 6) is -0.866. The summed E-state index contributed by atoms with van der Waals surface area (Å²) in [7, 11) is -3.35. The quantitative estimate of drug-likeness (QED) is 0.718. The van der Waals surface area contributed by atoms with Gasteiger partial charge in [-0.05, 0) is 32.9 Å². The predicted molar refractivity (Wildman–Crippen MR) is 76.5 cm³/mol. The van der Waals surface area contributed by atoms with Gasteiger partial charge in [-0.2, -0.15) is 0 Å². The maximum absolute atomic E-state index is 11.2. The number of carboxylic acids is 1. The molecule has 0 aromatic carbocycles. The van der Waals surface area contributed by atoms with E-state index in [0.29, 0.717) is 5.69 Å². The molecule has 7 nitrogen and oxygen atoms in total. The number of rotatable bonds is 6. The summed E-state index contributed by atoms with van der Waals surface area (Å²) in [4.78, 5) is 15.2. The zero-order valence-corrected chi connectivity index (χ0v) is 12.7. The topological polar surface area (TPSA) is 108 Å². The van der Waals surface area contributed by atoms with Gasteiger partial charge in [-0.15, -0.1) is 0 Å². The summed E-state index contributed by atoms with van der Waals surface area (Å²) in [6.45, 7) is 5.34. The van der Waals surface area contributed by atoms with Gasteiger partial charge < -0.3 is 10.4 Å². The molecule has 8 heteroatoms. The average molecular weight is 301 g/mol. The monoisotopic (exact) mass is 301 g/mol. The fourth-order valence-electron chi connectivity index (χ4n) is 1.71. The minimum atomic E-state index is -3.35. The molecule has 20 heavy (non-hydrogen) atoms. The normalized spacial score (nSPS) is 12.2. The molecule has 0 saturated carbocycles. The molecule has 1 aromatic rings. The van der Waals surface area contributed by atoms with Gasteiger partial charge in [-0.25, -0.2) is 22.9 Å². The van der Waals surface area contributed by atoms with Crippen molar-refractivity contribution in [2.24, 2.45) is 0 Å². The Morgan fingerprint density at radius 1 is 1.40 bits per heavy atom. The summed E-state index contributed by atoms with van der Waals surface area (Å²) in [5.41, 5.74) is -0.0495. The molecule has 0 fully saturated rings. The van der Waals surface area contributed by atoms with Gasteiger partial charge in [0, 0.05) is 17.8 Å². The molecule has 1 rings (SSSR count). The van der Waals surface area contributed by atoms with Gasteiger partial charge in [-0.3, -0.25) is 0 Å². The van der Waals surface area contributed by atoms with E-state index < -0.39 is 21.5 Å². The molecule has 0 amide bonds. The third-order valence-electron chi connectivity index (χ3n) is 2.42. The van der Waals surface area contributed by atoms with Crippen LogP contribution in [0, 0.1) is 6.92 Å². The first-order valence-corrected chi connectivity index (χ1v) is 7.83. The van der Waals surface area contributed by atoms with Crippen LogP contribution in [0.5, 0.6) is 0 Å². The van der Waals surface area contributed by atoms with E-state index in [1.54, 1.807) is 26.8 Å². The third kappa shape index (κ3) is 5.14. The van der Waals surface area contributed by atoms with Gasteiger partial charge in [0.2, 0.25) is 10.0 Å². The minimum Gasteiger partial charge on any atom is -0.478 e. The highest BCUT2D eigenvalue weighted by atomic mass is 32.2. The number of aryl methyl sites for hydroxylation is 1. The SMILES string of the molecule is Cc1ccc(C(=O)O)c(NCC(C)(C)NS(C)(=O)=O)n1. The summed E-state index contributed by atoms with van der Waals surface area (Å²) in [5, 5.41) is 12.0. The molecule has 0 aliphatic carbocycles. The number of carbonyl (C=O) groups is 1. The smallest absolute Gasteiger partial charge is 0.339 e. The van der Waals surface area contributed by atoms with Crippen LogP contribution in [0.25, 0.3) is 0 Å². The van der Waals surface area contributed by atoms with Crippen molar-refractivity contribution in [3.63, 3.8) is 0 Å². The highest BCUT2D eigenvalue weighted by molar-refractivity contribution is 7.88. The first-order valence-electron chi connectivity index (χ1n) is 5.94. The van der Waals surface area contributed by atoms with Gasteiger partial charge >= 0.3 is 5.97 Å². The van der Waals surface area contributed by atoms with Gasteiger partial charge in [0.1, 0.15) is 11.4 Å². The molecule has 0 spiro atoms.